The Hall–Kier alpha value is -3.77. The number of alkyl halides is 1. The topological polar surface area (TPSA) is 114 Å². The van der Waals surface area contributed by atoms with Crippen molar-refractivity contribution in [3.05, 3.63) is 64.5 Å². The van der Waals surface area contributed by atoms with Crippen molar-refractivity contribution in [3.63, 3.8) is 0 Å². The fourth-order valence-electron chi connectivity index (χ4n) is 6.92. The van der Waals surface area contributed by atoms with Crippen molar-refractivity contribution < 1.29 is 21.7 Å². The number of H-pyrrole nitrogens is 1. The van der Waals surface area contributed by atoms with Crippen LogP contribution < -0.4 is 13.8 Å². The number of hydrogen-bond donors (Lipinski definition) is 1. The average Bonchev–Trinajstić information content (AvgIpc) is 3.66. The van der Waals surface area contributed by atoms with Gasteiger partial charge in [0.2, 0.25) is 5.88 Å². The van der Waals surface area contributed by atoms with Gasteiger partial charge in [0.15, 0.2) is 0 Å². The molecule has 0 aliphatic carbocycles. The lowest BCUT2D eigenvalue weighted by Gasteiger charge is -2.33. The number of aryl methyl sites for hydroxylation is 2. The highest BCUT2D eigenvalue weighted by Crippen LogP contribution is 2.41. The van der Waals surface area contributed by atoms with E-state index >= 15 is 0 Å². The first kappa shape index (κ1) is 28.0. The Morgan fingerprint density at radius 3 is 2.77 bits per heavy atom. The summed E-state index contributed by atoms with van der Waals surface area (Å²) in [4.78, 5) is 13.7. The standard InChI is InChI=1S/C31H35FN6O4S/c1-19-5-7-23(8-6-19)43(39,40)42-29-24-9-12-37(28-21(3)20(2)13-26-25(28)15-33-36-26)17-27(24)34-30(35-29)41-18-31-10-4-11-38(31)16-22(32)14-31/h5-8,13,15,22H,4,9-12,14,16-18H2,1-3H3,(H,33,36)/t22-,31+/m1/s1. The van der Waals surface area contributed by atoms with Gasteiger partial charge in [-0.1, -0.05) is 17.7 Å². The van der Waals surface area contributed by atoms with Crippen molar-refractivity contribution in [3.8, 4) is 11.9 Å². The molecule has 2 aromatic carbocycles. The molecule has 4 aromatic rings. The highest BCUT2D eigenvalue weighted by atomic mass is 32.2. The molecule has 3 aliphatic heterocycles. The van der Waals surface area contributed by atoms with Gasteiger partial charge in [-0.05, 0) is 75.9 Å². The van der Waals surface area contributed by atoms with Gasteiger partial charge in [-0.3, -0.25) is 10.00 Å². The zero-order chi connectivity index (χ0) is 29.9. The lowest BCUT2D eigenvalue weighted by molar-refractivity contribution is 0.106. The second-order valence-electron chi connectivity index (χ2n) is 12.1. The van der Waals surface area contributed by atoms with E-state index in [-0.39, 0.29) is 23.4 Å². The predicted octanol–water partition coefficient (Wildman–Crippen LogP) is 4.56. The van der Waals surface area contributed by atoms with Gasteiger partial charge in [-0.25, -0.2) is 4.39 Å². The lowest BCUT2D eigenvalue weighted by Crippen LogP contribution is -2.43. The molecule has 0 saturated carbocycles. The highest BCUT2D eigenvalue weighted by molar-refractivity contribution is 7.87. The molecular formula is C31H35FN6O4S. The summed E-state index contributed by atoms with van der Waals surface area (Å²) in [7, 11) is -4.16. The van der Waals surface area contributed by atoms with Crippen LogP contribution in [0.5, 0.6) is 11.9 Å². The summed E-state index contributed by atoms with van der Waals surface area (Å²) in [6.07, 6.45) is 3.64. The van der Waals surface area contributed by atoms with E-state index in [1.807, 2.05) is 13.1 Å². The molecule has 0 radical (unpaired) electrons. The van der Waals surface area contributed by atoms with Crippen LogP contribution in [0, 0.1) is 20.8 Å². The minimum absolute atomic E-state index is 0.0229. The third-order valence-corrected chi connectivity index (χ3v) is 10.5. The smallest absolute Gasteiger partial charge is 0.340 e. The first-order chi connectivity index (χ1) is 20.6. The molecule has 2 aromatic heterocycles. The lowest BCUT2D eigenvalue weighted by atomic mass is 9.95. The number of halogens is 1. The average molecular weight is 607 g/mol. The quantitative estimate of drug-likeness (QED) is 0.303. The molecule has 0 spiro atoms. The van der Waals surface area contributed by atoms with Crippen molar-refractivity contribution >= 4 is 26.7 Å². The largest absolute Gasteiger partial charge is 0.461 e. The summed E-state index contributed by atoms with van der Waals surface area (Å²) in [5.74, 6) is -0.0229. The van der Waals surface area contributed by atoms with Gasteiger partial charge < -0.3 is 13.8 Å². The Labute approximate surface area is 250 Å². The Bertz CT molecular complexity index is 1810. The van der Waals surface area contributed by atoms with Crippen LogP contribution in [-0.4, -0.2) is 71.4 Å². The van der Waals surface area contributed by atoms with Gasteiger partial charge >= 0.3 is 16.1 Å². The van der Waals surface area contributed by atoms with E-state index in [4.69, 9.17) is 13.9 Å². The molecule has 2 atom stereocenters. The molecule has 43 heavy (non-hydrogen) atoms. The molecule has 10 nitrogen and oxygen atoms in total. The second kappa shape index (κ2) is 10.4. The fourth-order valence-corrected chi connectivity index (χ4v) is 7.83. The van der Waals surface area contributed by atoms with Gasteiger partial charge in [0.1, 0.15) is 17.7 Å². The van der Waals surface area contributed by atoms with E-state index in [0.717, 1.165) is 52.7 Å². The maximum absolute atomic E-state index is 14.4. The van der Waals surface area contributed by atoms with Crippen molar-refractivity contribution in [1.29, 1.82) is 0 Å². The van der Waals surface area contributed by atoms with Gasteiger partial charge in [0, 0.05) is 30.5 Å². The van der Waals surface area contributed by atoms with E-state index in [9.17, 15) is 12.8 Å². The van der Waals surface area contributed by atoms with Gasteiger partial charge in [-0.15, -0.1) is 0 Å². The van der Waals surface area contributed by atoms with E-state index in [2.05, 4.69) is 44.9 Å². The minimum Gasteiger partial charge on any atom is -0.461 e. The summed E-state index contributed by atoms with van der Waals surface area (Å²) >= 11 is 0. The van der Waals surface area contributed by atoms with Crippen LogP contribution in [0.3, 0.4) is 0 Å². The molecule has 1 N–H and O–H groups in total. The third kappa shape index (κ3) is 5.00. The van der Waals surface area contributed by atoms with Crippen LogP contribution in [0.1, 0.15) is 47.2 Å². The van der Waals surface area contributed by atoms with Crippen LogP contribution in [-0.2, 0) is 23.1 Å². The number of benzene rings is 2. The zero-order valence-electron chi connectivity index (χ0n) is 24.6. The molecule has 226 valence electrons. The SMILES string of the molecule is Cc1ccc(S(=O)(=O)Oc2nc(OC[C@@]34CCCN3C[C@H](F)C4)nc3c2CCN(c2c(C)c(C)cc4[nH]ncc24)C3)cc1. The first-order valence-corrected chi connectivity index (χ1v) is 16.1. The van der Waals surface area contributed by atoms with Gasteiger partial charge in [0.05, 0.1) is 35.2 Å². The van der Waals surface area contributed by atoms with E-state index in [1.165, 1.54) is 12.1 Å². The van der Waals surface area contributed by atoms with Crippen molar-refractivity contribution in [2.24, 2.45) is 0 Å². The highest BCUT2D eigenvalue weighted by Gasteiger charge is 2.49. The van der Waals surface area contributed by atoms with E-state index in [0.29, 0.717) is 43.7 Å². The number of fused-ring (bicyclic) bond motifs is 3. The number of hydrogen-bond acceptors (Lipinski definition) is 9. The molecule has 0 bridgehead atoms. The van der Waals surface area contributed by atoms with E-state index < -0.39 is 21.8 Å². The fraction of sp³-hybridized carbons (Fsp3) is 0.452. The summed E-state index contributed by atoms with van der Waals surface area (Å²) in [6.45, 7) is 8.55. The molecule has 0 unspecified atom stereocenters. The second-order valence-corrected chi connectivity index (χ2v) is 13.7. The van der Waals surface area contributed by atoms with Crippen LogP contribution in [0.4, 0.5) is 10.1 Å². The van der Waals surface area contributed by atoms with Gasteiger partial charge in [-0.2, -0.15) is 23.5 Å². The van der Waals surface area contributed by atoms with Crippen molar-refractivity contribution in [2.75, 3.05) is 31.1 Å². The summed E-state index contributed by atoms with van der Waals surface area (Å²) < 4.78 is 53.0. The number of rotatable bonds is 7. The van der Waals surface area contributed by atoms with Crippen molar-refractivity contribution in [2.45, 2.75) is 69.6 Å². The number of nitrogens with zero attached hydrogens (tertiary/aromatic N) is 5. The number of nitrogens with one attached hydrogen (secondary N) is 1. The zero-order valence-corrected chi connectivity index (χ0v) is 25.4. The maximum Gasteiger partial charge on any atom is 0.340 e. The van der Waals surface area contributed by atoms with Crippen LogP contribution >= 0.6 is 0 Å². The Morgan fingerprint density at radius 2 is 1.95 bits per heavy atom. The molecule has 2 fully saturated rings. The van der Waals surface area contributed by atoms with E-state index in [1.54, 1.807) is 12.1 Å². The van der Waals surface area contributed by atoms with Crippen molar-refractivity contribution in [1.82, 2.24) is 25.1 Å². The van der Waals surface area contributed by atoms with Crippen LogP contribution in [0.25, 0.3) is 10.9 Å². The number of aromatic amines is 1. The molecule has 5 heterocycles. The first-order valence-electron chi connectivity index (χ1n) is 14.7. The maximum atomic E-state index is 14.4. The number of ether oxygens (including phenoxy) is 1. The molecule has 3 aliphatic rings. The monoisotopic (exact) mass is 606 g/mol. The minimum atomic E-state index is -4.16. The summed E-state index contributed by atoms with van der Waals surface area (Å²) in [5.41, 5.74) is 6.11. The summed E-state index contributed by atoms with van der Waals surface area (Å²) in [5, 5.41) is 8.35. The molecule has 7 rings (SSSR count). The third-order valence-electron chi connectivity index (χ3n) is 9.28. The predicted molar refractivity (Wildman–Crippen MR) is 160 cm³/mol. The Morgan fingerprint density at radius 1 is 1.14 bits per heavy atom. The Kier molecular flexibility index (Phi) is 6.81. The van der Waals surface area contributed by atoms with Crippen LogP contribution in [0.2, 0.25) is 0 Å². The molecular weight excluding hydrogens is 571 g/mol. The number of aromatic nitrogens is 4. The molecule has 2 saturated heterocycles. The number of anilines is 1. The summed E-state index contributed by atoms with van der Waals surface area (Å²) in [6, 6.07) is 8.63. The van der Waals surface area contributed by atoms with Crippen LogP contribution in [0.15, 0.2) is 41.4 Å². The Balaban J connectivity index is 1.25. The van der Waals surface area contributed by atoms with Gasteiger partial charge in [0.25, 0.3) is 0 Å². The normalized spacial score (nSPS) is 22.1. The molecule has 12 heteroatoms. The molecule has 0 amide bonds.